The van der Waals surface area contributed by atoms with Crippen LogP contribution in [0.2, 0.25) is 0 Å². The number of hydrazine groups is 1. The zero-order chi connectivity index (χ0) is 12.3. The molecule has 1 aliphatic carbocycles. The molecule has 0 bridgehead atoms. The molecule has 0 aromatic carbocycles. The Morgan fingerprint density at radius 2 is 2.35 bits per heavy atom. The van der Waals surface area contributed by atoms with Crippen LogP contribution in [0.1, 0.15) is 26.2 Å². The second-order valence-electron chi connectivity index (χ2n) is 4.40. The van der Waals surface area contributed by atoms with E-state index in [1.54, 1.807) is 6.20 Å². The molecule has 0 amide bonds. The molecule has 0 spiro atoms. The molecule has 0 aliphatic heterocycles. The summed E-state index contributed by atoms with van der Waals surface area (Å²) < 4.78 is 0.922. The first kappa shape index (κ1) is 12.6. The van der Waals surface area contributed by atoms with Crippen LogP contribution in [0.3, 0.4) is 0 Å². The van der Waals surface area contributed by atoms with Crippen molar-refractivity contribution >= 4 is 27.7 Å². The molecule has 0 radical (unpaired) electrons. The minimum atomic E-state index is 0.458. The van der Waals surface area contributed by atoms with Gasteiger partial charge in [-0.05, 0) is 41.1 Å². The molecule has 3 N–H and O–H groups in total. The number of nitrogens with one attached hydrogen (secondary N) is 1. The van der Waals surface area contributed by atoms with Gasteiger partial charge in [0.25, 0.3) is 0 Å². The molecule has 0 atom stereocenters. The Morgan fingerprint density at radius 3 is 2.94 bits per heavy atom. The number of nitrogens with zero attached hydrogens (tertiary/aromatic N) is 3. The third-order valence-corrected chi connectivity index (χ3v) is 3.38. The van der Waals surface area contributed by atoms with Crippen LogP contribution in [0.25, 0.3) is 0 Å². The molecular formula is C11H18BrN5. The van der Waals surface area contributed by atoms with Crippen molar-refractivity contribution in [2.24, 2.45) is 11.8 Å². The predicted molar refractivity (Wildman–Crippen MR) is 72.8 cm³/mol. The smallest absolute Gasteiger partial charge is 0.239 e. The normalized spacial score (nSPS) is 14.8. The first-order valence-corrected chi connectivity index (χ1v) is 6.78. The van der Waals surface area contributed by atoms with E-state index in [4.69, 9.17) is 5.84 Å². The van der Waals surface area contributed by atoms with Crippen LogP contribution < -0.4 is 16.2 Å². The number of halogens is 1. The van der Waals surface area contributed by atoms with Crippen molar-refractivity contribution in [2.45, 2.75) is 26.2 Å². The topological polar surface area (TPSA) is 67.1 Å². The van der Waals surface area contributed by atoms with Gasteiger partial charge in [0.15, 0.2) is 0 Å². The van der Waals surface area contributed by atoms with Crippen molar-refractivity contribution in [3.63, 3.8) is 0 Å². The van der Waals surface area contributed by atoms with Crippen LogP contribution >= 0.6 is 15.9 Å². The van der Waals surface area contributed by atoms with E-state index < -0.39 is 0 Å². The van der Waals surface area contributed by atoms with Gasteiger partial charge in [-0.2, -0.15) is 4.98 Å². The lowest BCUT2D eigenvalue weighted by Crippen LogP contribution is -2.28. The van der Waals surface area contributed by atoms with E-state index in [1.807, 2.05) is 0 Å². The van der Waals surface area contributed by atoms with Crippen LogP contribution in [0, 0.1) is 5.92 Å². The Bertz CT molecular complexity index is 380. The summed E-state index contributed by atoms with van der Waals surface area (Å²) in [5, 5.41) is 0. The number of aromatic nitrogens is 2. The zero-order valence-corrected chi connectivity index (χ0v) is 11.6. The van der Waals surface area contributed by atoms with Gasteiger partial charge in [-0.3, -0.25) is 5.43 Å². The maximum atomic E-state index is 5.35. The second kappa shape index (κ2) is 5.64. The zero-order valence-electron chi connectivity index (χ0n) is 9.99. The van der Waals surface area contributed by atoms with Crippen LogP contribution in [0.4, 0.5) is 11.8 Å². The summed E-state index contributed by atoms with van der Waals surface area (Å²) in [7, 11) is 0. The predicted octanol–water partition coefficient (Wildman–Crippen LogP) is 2.15. The first-order chi connectivity index (χ1) is 8.24. The van der Waals surface area contributed by atoms with Gasteiger partial charge in [0.1, 0.15) is 5.82 Å². The molecule has 1 heterocycles. The first-order valence-electron chi connectivity index (χ1n) is 5.98. The minimum Gasteiger partial charge on any atom is -0.355 e. The number of nitrogens with two attached hydrogens (primary N) is 1. The summed E-state index contributed by atoms with van der Waals surface area (Å²) in [6.45, 7) is 4.26. The summed E-state index contributed by atoms with van der Waals surface area (Å²) in [4.78, 5) is 10.8. The van der Waals surface area contributed by atoms with E-state index in [0.717, 1.165) is 35.7 Å². The van der Waals surface area contributed by atoms with Gasteiger partial charge in [0.05, 0.1) is 4.47 Å². The van der Waals surface area contributed by atoms with E-state index in [2.05, 4.69) is 43.1 Å². The van der Waals surface area contributed by atoms with E-state index in [1.165, 1.54) is 12.8 Å². The Labute approximate surface area is 110 Å². The van der Waals surface area contributed by atoms with Gasteiger partial charge in [0, 0.05) is 19.3 Å². The Balaban J connectivity index is 2.19. The summed E-state index contributed by atoms with van der Waals surface area (Å²) in [6.07, 6.45) is 5.53. The number of nitrogen functional groups attached to an aromatic ring is 1. The van der Waals surface area contributed by atoms with Crippen molar-refractivity contribution in [3.05, 3.63) is 10.7 Å². The van der Waals surface area contributed by atoms with E-state index in [-0.39, 0.29) is 0 Å². The quantitative estimate of drug-likeness (QED) is 0.622. The van der Waals surface area contributed by atoms with Gasteiger partial charge >= 0.3 is 0 Å². The number of anilines is 2. The number of hydrogen-bond donors (Lipinski definition) is 2. The van der Waals surface area contributed by atoms with Crippen LogP contribution in [0.15, 0.2) is 10.7 Å². The molecule has 1 aromatic heterocycles. The summed E-state index contributed by atoms with van der Waals surface area (Å²) >= 11 is 3.51. The number of rotatable bonds is 6. The number of hydrogen-bond acceptors (Lipinski definition) is 5. The molecule has 1 fully saturated rings. The molecule has 17 heavy (non-hydrogen) atoms. The molecule has 0 unspecified atom stereocenters. The molecule has 1 aromatic rings. The standard InChI is InChI=1S/C11H18BrN5/c1-2-5-17(7-8-3-4-8)10-9(12)6-14-11(15-10)16-13/h6,8H,2-5,7,13H2,1H3,(H,14,15,16). The molecule has 1 saturated carbocycles. The maximum absolute atomic E-state index is 5.35. The highest BCUT2D eigenvalue weighted by molar-refractivity contribution is 9.10. The fraction of sp³-hybridized carbons (Fsp3) is 0.636. The lowest BCUT2D eigenvalue weighted by atomic mass is 10.3. The van der Waals surface area contributed by atoms with E-state index in [0.29, 0.717) is 5.95 Å². The third kappa shape index (κ3) is 3.29. The lowest BCUT2D eigenvalue weighted by molar-refractivity contribution is 0.696. The van der Waals surface area contributed by atoms with Crippen LogP contribution in [0.5, 0.6) is 0 Å². The van der Waals surface area contributed by atoms with Crippen LogP contribution in [-0.2, 0) is 0 Å². The molecular weight excluding hydrogens is 282 g/mol. The van der Waals surface area contributed by atoms with Gasteiger partial charge in [-0.1, -0.05) is 6.92 Å². The van der Waals surface area contributed by atoms with Gasteiger partial charge < -0.3 is 4.90 Å². The van der Waals surface area contributed by atoms with Crippen molar-refractivity contribution in [2.75, 3.05) is 23.4 Å². The highest BCUT2D eigenvalue weighted by Gasteiger charge is 2.25. The maximum Gasteiger partial charge on any atom is 0.239 e. The summed E-state index contributed by atoms with van der Waals surface area (Å²) in [5.74, 6) is 7.57. The largest absolute Gasteiger partial charge is 0.355 e. The minimum absolute atomic E-state index is 0.458. The Kier molecular flexibility index (Phi) is 4.17. The van der Waals surface area contributed by atoms with Crippen molar-refractivity contribution in [3.8, 4) is 0 Å². The van der Waals surface area contributed by atoms with Crippen molar-refractivity contribution in [1.29, 1.82) is 0 Å². The molecule has 6 heteroatoms. The molecule has 94 valence electrons. The van der Waals surface area contributed by atoms with Crippen molar-refractivity contribution < 1.29 is 0 Å². The average Bonchev–Trinajstić information content (AvgIpc) is 3.13. The fourth-order valence-electron chi connectivity index (χ4n) is 1.82. The van der Waals surface area contributed by atoms with Gasteiger partial charge in [-0.15, -0.1) is 0 Å². The molecule has 2 rings (SSSR count). The Morgan fingerprint density at radius 1 is 1.59 bits per heavy atom. The Hall–Kier alpha value is -0.880. The third-order valence-electron chi connectivity index (χ3n) is 2.82. The fourth-order valence-corrected chi connectivity index (χ4v) is 2.26. The summed E-state index contributed by atoms with van der Waals surface area (Å²) in [5.41, 5.74) is 2.49. The van der Waals surface area contributed by atoms with Gasteiger partial charge in [0.2, 0.25) is 5.95 Å². The van der Waals surface area contributed by atoms with Crippen LogP contribution in [-0.4, -0.2) is 23.1 Å². The van der Waals surface area contributed by atoms with E-state index in [9.17, 15) is 0 Å². The molecule has 0 saturated heterocycles. The monoisotopic (exact) mass is 299 g/mol. The molecule has 5 nitrogen and oxygen atoms in total. The lowest BCUT2D eigenvalue weighted by Gasteiger charge is -2.24. The van der Waals surface area contributed by atoms with Crippen molar-refractivity contribution in [1.82, 2.24) is 9.97 Å². The summed E-state index contributed by atoms with van der Waals surface area (Å²) in [6, 6.07) is 0. The average molecular weight is 300 g/mol. The van der Waals surface area contributed by atoms with E-state index >= 15 is 0 Å². The second-order valence-corrected chi connectivity index (χ2v) is 5.25. The highest BCUT2D eigenvalue weighted by Crippen LogP contribution is 2.33. The SMILES string of the molecule is CCCN(CC1CC1)c1nc(NN)ncc1Br. The van der Waals surface area contributed by atoms with Gasteiger partial charge in [-0.25, -0.2) is 10.8 Å². The highest BCUT2D eigenvalue weighted by atomic mass is 79.9. The molecule has 1 aliphatic rings.